The van der Waals surface area contributed by atoms with Crippen molar-refractivity contribution in [3.05, 3.63) is 71.7 Å². The Morgan fingerprint density at radius 3 is 2.54 bits per heavy atom. The zero-order valence-corrected chi connectivity index (χ0v) is 14.4. The van der Waals surface area contributed by atoms with Crippen molar-refractivity contribution in [3.8, 4) is 11.1 Å². The van der Waals surface area contributed by atoms with E-state index in [4.69, 9.17) is 9.90 Å². The number of hydrogen-bond acceptors (Lipinski definition) is 1. The minimum atomic E-state index is -0.282. The second-order valence-corrected chi connectivity index (χ2v) is 7.21. The second kappa shape index (κ2) is 5.24. The van der Waals surface area contributed by atoms with E-state index in [0.29, 0.717) is 11.1 Å². The lowest BCUT2D eigenvalue weighted by Gasteiger charge is -2.24. The first-order chi connectivity index (χ1) is 13.1. The molecule has 0 aliphatic carbocycles. The normalized spacial score (nSPS) is 14.5. The summed E-state index contributed by atoms with van der Waals surface area (Å²) in [6.45, 7) is 7.99. The largest absolute Gasteiger partial charge is 0.456 e. The van der Waals surface area contributed by atoms with E-state index in [1.54, 1.807) is 6.92 Å². The zero-order valence-electron chi connectivity index (χ0n) is 18.4. The van der Waals surface area contributed by atoms with E-state index in [1.165, 1.54) is 0 Å². The first-order valence-corrected chi connectivity index (χ1v) is 8.15. The number of para-hydroxylation sites is 1. The molecular formula is C23H22O. The summed E-state index contributed by atoms with van der Waals surface area (Å²) in [5.74, 6) is 0. The highest BCUT2D eigenvalue weighted by molar-refractivity contribution is 6.09. The number of hydrogen-bond donors (Lipinski definition) is 0. The van der Waals surface area contributed by atoms with Crippen LogP contribution in [0.5, 0.6) is 0 Å². The fourth-order valence-corrected chi connectivity index (χ4v) is 3.38. The topological polar surface area (TPSA) is 13.1 Å². The van der Waals surface area contributed by atoms with Crippen LogP contribution >= 0.6 is 0 Å². The van der Waals surface area contributed by atoms with Crippen LogP contribution in [-0.2, 0) is 5.41 Å². The lowest BCUT2D eigenvalue weighted by molar-refractivity contribution is 0.596. The second-order valence-electron chi connectivity index (χ2n) is 7.21. The van der Waals surface area contributed by atoms with Crippen LogP contribution in [0.25, 0.3) is 33.1 Å². The fraction of sp³-hybridized carbons (Fsp3) is 0.217. The summed E-state index contributed by atoms with van der Waals surface area (Å²) in [5, 5.41) is 1.99. The predicted molar refractivity (Wildman–Crippen MR) is 103 cm³/mol. The highest BCUT2D eigenvalue weighted by Gasteiger charge is 2.24. The Morgan fingerprint density at radius 2 is 1.75 bits per heavy atom. The van der Waals surface area contributed by atoms with Crippen LogP contribution in [0.15, 0.2) is 65.0 Å². The van der Waals surface area contributed by atoms with Gasteiger partial charge in [0.05, 0.1) is 5.48 Å². The van der Waals surface area contributed by atoms with Crippen LogP contribution in [0.4, 0.5) is 0 Å². The van der Waals surface area contributed by atoms with Crippen LogP contribution < -0.4 is 0 Å². The van der Waals surface area contributed by atoms with Gasteiger partial charge in [-0.1, -0.05) is 74.8 Å². The molecule has 0 aliphatic heterocycles. The van der Waals surface area contributed by atoms with E-state index in [0.717, 1.165) is 33.1 Å². The van der Waals surface area contributed by atoms with Gasteiger partial charge >= 0.3 is 0 Å². The molecule has 24 heavy (non-hydrogen) atoms. The third kappa shape index (κ3) is 2.32. The summed E-state index contributed by atoms with van der Waals surface area (Å²) in [4.78, 5) is 0. The minimum Gasteiger partial charge on any atom is -0.456 e. The molecule has 0 aliphatic rings. The Morgan fingerprint density at radius 1 is 0.958 bits per heavy atom. The molecule has 0 N–H and O–H groups in total. The average molecular weight is 318 g/mol. The van der Waals surface area contributed by atoms with Gasteiger partial charge in [-0.25, -0.2) is 0 Å². The third-order valence-electron chi connectivity index (χ3n) is 4.31. The van der Waals surface area contributed by atoms with Crippen molar-refractivity contribution in [2.75, 3.05) is 0 Å². The van der Waals surface area contributed by atoms with E-state index in [-0.39, 0.29) is 29.6 Å². The van der Waals surface area contributed by atoms with Crippen LogP contribution in [0.3, 0.4) is 0 Å². The molecule has 1 aromatic heterocycles. The first kappa shape index (κ1) is 11.1. The van der Waals surface area contributed by atoms with Gasteiger partial charge in [-0.3, -0.25) is 0 Å². The lowest BCUT2D eigenvalue weighted by Crippen LogP contribution is -2.13. The first-order valence-electron chi connectivity index (χ1n) is 10.1. The van der Waals surface area contributed by atoms with Gasteiger partial charge in [-0.2, -0.15) is 0 Å². The zero-order chi connectivity index (χ0) is 20.4. The summed E-state index contributed by atoms with van der Waals surface area (Å²) >= 11 is 0. The van der Waals surface area contributed by atoms with Gasteiger partial charge in [0.1, 0.15) is 11.2 Å². The standard InChI is InChI=1S/C23H22O/c1-15-8-7-9-16(14-15)17-12-13-20-21(22(17)23(2,3)4)18-10-5-6-11-19(18)24-20/h5-14H,1-4H3/i7D,8D,9D,14D. The Balaban J connectivity index is 2.23. The maximum Gasteiger partial charge on any atom is 0.135 e. The highest BCUT2D eigenvalue weighted by Crippen LogP contribution is 2.42. The van der Waals surface area contributed by atoms with Gasteiger partial charge in [0.25, 0.3) is 0 Å². The predicted octanol–water partition coefficient (Wildman–Crippen LogP) is 6.86. The molecule has 0 fully saturated rings. The van der Waals surface area contributed by atoms with E-state index >= 15 is 0 Å². The highest BCUT2D eigenvalue weighted by atomic mass is 16.3. The molecule has 1 heteroatoms. The van der Waals surface area contributed by atoms with Gasteiger partial charge in [0.2, 0.25) is 0 Å². The Kier molecular flexibility index (Phi) is 2.42. The molecule has 0 atom stereocenters. The molecule has 0 saturated carbocycles. The van der Waals surface area contributed by atoms with Crippen molar-refractivity contribution in [1.29, 1.82) is 0 Å². The molecule has 0 saturated heterocycles. The molecule has 120 valence electrons. The summed E-state index contributed by atoms with van der Waals surface area (Å²) in [6.07, 6.45) is 0. The average Bonchev–Trinajstić information content (AvgIpc) is 3.02. The molecule has 3 aromatic carbocycles. The van der Waals surface area contributed by atoms with Crippen molar-refractivity contribution in [2.45, 2.75) is 33.1 Å². The van der Waals surface area contributed by atoms with Gasteiger partial charge < -0.3 is 4.42 Å². The number of benzene rings is 3. The molecule has 0 unspecified atom stereocenters. The SMILES string of the molecule is [2H]c1c([2H])c(C)c([2H])c(-c2ccc3oc4ccccc4c3c2C(C)(C)C)c1[2H]. The number of rotatable bonds is 1. The van der Waals surface area contributed by atoms with Crippen molar-refractivity contribution in [3.63, 3.8) is 0 Å². The van der Waals surface area contributed by atoms with Crippen molar-refractivity contribution in [2.24, 2.45) is 0 Å². The molecule has 0 radical (unpaired) electrons. The molecule has 0 amide bonds. The van der Waals surface area contributed by atoms with E-state index in [2.05, 4.69) is 20.8 Å². The van der Waals surface area contributed by atoms with Crippen LogP contribution in [0.1, 0.15) is 37.4 Å². The van der Waals surface area contributed by atoms with Gasteiger partial charge in [-0.15, -0.1) is 0 Å². The molecule has 1 nitrogen and oxygen atoms in total. The van der Waals surface area contributed by atoms with E-state index < -0.39 is 0 Å². The summed E-state index contributed by atoms with van der Waals surface area (Å²) in [5.41, 5.74) is 3.88. The minimum absolute atomic E-state index is 0.0501. The molecule has 0 bridgehead atoms. The Labute approximate surface area is 148 Å². The smallest absolute Gasteiger partial charge is 0.135 e. The molecule has 1 heterocycles. The van der Waals surface area contributed by atoms with Crippen LogP contribution in [0.2, 0.25) is 0 Å². The molecule has 0 spiro atoms. The fourth-order valence-electron chi connectivity index (χ4n) is 3.38. The molecule has 4 aromatic rings. The van der Waals surface area contributed by atoms with E-state index in [9.17, 15) is 0 Å². The van der Waals surface area contributed by atoms with Crippen molar-refractivity contribution in [1.82, 2.24) is 0 Å². The summed E-state index contributed by atoms with van der Waals surface area (Å²) in [6, 6.07) is 11.5. The quantitative estimate of drug-likeness (QED) is 0.373. The van der Waals surface area contributed by atoms with Gasteiger partial charge in [-0.05, 0) is 41.2 Å². The van der Waals surface area contributed by atoms with Crippen molar-refractivity contribution < 1.29 is 9.90 Å². The Hall–Kier alpha value is -2.54. The maximum absolute atomic E-state index is 8.60. The summed E-state index contributed by atoms with van der Waals surface area (Å²) < 4.78 is 39.4. The van der Waals surface area contributed by atoms with E-state index in [1.807, 2.05) is 36.4 Å². The van der Waals surface area contributed by atoms with Gasteiger partial charge in [0.15, 0.2) is 0 Å². The van der Waals surface area contributed by atoms with Crippen LogP contribution in [0, 0.1) is 6.92 Å². The number of fused-ring (bicyclic) bond motifs is 3. The maximum atomic E-state index is 8.60. The lowest BCUT2D eigenvalue weighted by atomic mass is 9.79. The summed E-state index contributed by atoms with van der Waals surface area (Å²) in [7, 11) is 0. The molecule has 4 rings (SSSR count). The third-order valence-corrected chi connectivity index (χ3v) is 4.31. The van der Waals surface area contributed by atoms with Crippen LogP contribution in [-0.4, -0.2) is 0 Å². The van der Waals surface area contributed by atoms with Gasteiger partial charge in [0, 0.05) is 10.8 Å². The number of furan rings is 1. The molecular weight excluding hydrogens is 292 g/mol. The monoisotopic (exact) mass is 318 g/mol. The Bertz CT molecular complexity index is 1220. The van der Waals surface area contributed by atoms with Crippen molar-refractivity contribution >= 4 is 21.9 Å².